The molecule has 0 bridgehead atoms. The van der Waals surface area contributed by atoms with E-state index in [1.165, 1.54) is 0 Å². The zero-order valence-corrected chi connectivity index (χ0v) is 11.4. The van der Waals surface area contributed by atoms with Gasteiger partial charge in [0.2, 0.25) is 5.91 Å². The van der Waals surface area contributed by atoms with E-state index in [1.54, 1.807) is 7.11 Å². The lowest BCUT2D eigenvalue weighted by atomic mass is 10.0. The van der Waals surface area contributed by atoms with Gasteiger partial charge in [-0.1, -0.05) is 6.92 Å². The van der Waals surface area contributed by atoms with Gasteiger partial charge in [0.15, 0.2) is 0 Å². The number of likely N-dealkylation sites (tertiary alicyclic amines) is 1. The molecule has 0 spiro atoms. The van der Waals surface area contributed by atoms with Gasteiger partial charge in [0.1, 0.15) is 0 Å². The molecule has 106 valence electrons. The number of methoxy groups -OCH3 is 1. The summed E-state index contributed by atoms with van der Waals surface area (Å²) in [6.45, 7) is 4.63. The van der Waals surface area contributed by atoms with Crippen molar-refractivity contribution in [1.29, 1.82) is 0 Å². The monoisotopic (exact) mass is 259 g/mol. The Hall–Kier alpha value is -0.650. The minimum absolute atomic E-state index is 0.0632. The Bertz CT molecular complexity index is 239. The standard InChI is InChI=1S/C13H25NO4/c1-11(10-17-2)9-13(16)14-5-3-12(4-6-14)18-8-7-15/h11-12,15H,3-10H2,1-2H3. The summed E-state index contributed by atoms with van der Waals surface area (Å²) < 4.78 is 10.5. The molecule has 0 radical (unpaired) electrons. The van der Waals surface area contributed by atoms with Crippen LogP contribution in [0.4, 0.5) is 0 Å². The van der Waals surface area contributed by atoms with Gasteiger partial charge in [0, 0.05) is 33.2 Å². The van der Waals surface area contributed by atoms with Crippen LogP contribution in [0.2, 0.25) is 0 Å². The summed E-state index contributed by atoms with van der Waals surface area (Å²) in [6, 6.07) is 0. The molecule has 1 N–H and O–H groups in total. The highest BCUT2D eigenvalue weighted by atomic mass is 16.5. The van der Waals surface area contributed by atoms with E-state index in [1.807, 2.05) is 11.8 Å². The molecular formula is C13H25NO4. The second-order valence-corrected chi connectivity index (χ2v) is 4.94. The van der Waals surface area contributed by atoms with Gasteiger partial charge in [-0.2, -0.15) is 0 Å². The molecule has 0 saturated carbocycles. The Morgan fingerprint density at radius 3 is 2.67 bits per heavy atom. The molecular weight excluding hydrogens is 234 g/mol. The number of piperidine rings is 1. The van der Waals surface area contributed by atoms with Gasteiger partial charge >= 0.3 is 0 Å². The lowest BCUT2D eigenvalue weighted by Crippen LogP contribution is -2.41. The Balaban J connectivity index is 2.23. The highest BCUT2D eigenvalue weighted by molar-refractivity contribution is 5.76. The smallest absolute Gasteiger partial charge is 0.222 e. The largest absolute Gasteiger partial charge is 0.394 e. The van der Waals surface area contributed by atoms with Crippen molar-refractivity contribution in [2.75, 3.05) is 40.0 Å². The fourth-order valence-electron chi connectivity index (χ4n) is 2.26. The maximum absolute atomic E-state index is 12.0. The van der Waals surface area contributed by atoms with Crippen molar-refractivity contribution in [3.63, 3.8) is 0 Å². The number of hydrogen-bond donors (Lipinski definition) is 1. The Kier molecular flexibility index (Phi) is 7.23. The third-order valence-corrected chi connectivity index (χ3v) is 3.21. The molecule has 1 rings (SSSR count). The van der Waals surface area contributed by atoms with Crippen LogP contribution in [0.25, 0.3) is 0 Å². The molecule has 1 unspecified atom stereocenters. The highest BCUT2D eigenvalue weighted by Crippen LogP contribution is 2.16. The van der Waals surface area contributed by atoms with Crippen molar-refractivity contribution in [2.45, 2.75) is 32.3 Å². The van der Waals surface area contributed by atoms with Crippen molar-refractivity contribution in [3.05, 3.63) is 0 Å². The minimum Gasteiger partial charge on any atom is -0.394 e. The topological polar surface area (TPSA) is 59.0 Å². The number of carbonyl (C=O) groups excluding carboxylic acids is 1. The van der Waals surface area contributed by atoms with Gasteiger partial charge in [-0.05, 0) is 18.8 Å². The van der Waals surface area contributed by atoms with E-state index >= 15 is 0 Å². The van der Waals surface area contributed by atoms with Crippen molar-refractivity contribution in [3.8, 4) is 0 Å². The molecule has 0 aromatic rings. The SMILES string of the molecule is COCC(C)CC(=O)N1CCC(OCCO)CC1. The van der Waals surface area contributed by atoms with E-state index in [0.717, 1.165) is 25.9 Å². The first-order valence-electron chi connectivity index (χ1n) is 6.66. The Morgan fingerprint density at radius 2 is 2.11 bits per heavy atom. The Labute approximate surface area is 109 Å². The quantitative estimate of drug-likeness (QED) is 0.729. The third-order valence-electron chi connectivity index (χ3n) is 3.21. The van der Waals surface area contributed by atoms with Crippen molar-refractivity contribution < 1.29 is 19.4 Å². The summed E-state index contributed by atoms with van der Waals surface area (Å²) in [6.07, 6.45) is 2.47. The molecule has 0 aliphatic carbocycles. The summed E-state index contributed by atoms with van der Waals surface area (Å²) in [5.74, 6) is 0.478. The molecule has 1 aliphatic rings. The number of amides is 1. The lowest BCUT2D eigenvalue weighted by Gasteiger charge is -2.32. The number of rotatable bonds is 7. The van der Waals surface area contributed by atoms with E-state index in [9.17, 15) is 4.79 Å². The van der Waals surface area contributed by atoms with Gasteiger partial charge < -0.3 is 19.5 Å². The van der Waals surface area contributed by atoms with Crippen LogP contribution in [0.1, 0.15) is 26.2 Å². The first-order chi connectivity index (χ1) is 8.67. The summed E-state index contributed by atoms with van der Waals surface area (Å²) in [5, 5.41) is 8.69. The van der Waals surface area contributed by atoms with E-state index < -0.39 is 0 Å². The average Bonchev–Trinajstić information content (AvgIpc) is 2.37. The predicted octanol–water partition coefficient (Wildman–Crippen LogP) is 0.659. The van der Waals surface area contributed by atoms with E-state index in [0.29, 0.717) is 19.6 Å². The average molecular weight is 259 g/mol. The molecule has 1 atom stereocenters. The molecule has 5 heteroatoms. The molecule has 0 aromatic heterocycles. The van der Waals surface area contributed by atoms with Gasteiger partial charge in [0.05, 0.1) is 19.3 Å². The first-order valence-corrected chi connectivity index (χ1v) is 6.66. The highest BCUT2D eigenvalue weighted by Gasteiger charge is 2.23. The number of nitrogens with zero attached hydrogens (tertiary/aromatic N) is 1. The third kappa shape index (κ3) is 5.33. The zero-order chi connectivity index (χ0) is 13.4. The van der Waals surface area contributed by atoms with Crippen molar-refractivity contribution >= 4 is 5.91 Å². The predicted molar refractivity (Wildman–Crippen MR) is 68.3 cm³/mol. The summed E-state index contributed by atoms with van der Waals surface area (Å²) in [7, 11) is 1.66. The maximum atomic E-state index is 12.0. The number of aliphatic hydroxyl groups is 1. The van der Waals surface area contributed by atoms with Gasteiger partial charge in [-0.25, -0.2) is 0 Å². The lowest BCUT2D eigenvalue weighted by molar-refractivity contribution is -0.135. The van der Waals surface area contributed by atoms with Crippen LogP contribution in [-0.4, -0.2) is 62.0 Å². The van der Waals surface area contributed by atoms with Gasteiger partial charge in [0.25, 0.3) is 0 Å². The number of aliphatic hydroxyl groups excluding tert-OH is 1. The van der Waals surface area contributed by atoms with Crippen LogP contribution in [0.15, 0.2) is 0 Å². The molecule has 18 heavy (non-hydrogen) atoms. The van der Waals surface area contributed by atoms with Crippen LogP contribution in [-0.2, 0) is 14.3 Å². The van der Waals surface area contributed by atoms with E-state index in [4.69, 9.17) is 14.6 Å². The van der Waals surface area contributed by atoms with E-state index in [2.05, 4.69) is 0 Å². The van der Waals surface area contributed by atoms with Crippen LogP contribution in [0.3, 0.4) is 0 Å². The summed E-state index contributed by atoms with van der Waals surface area (Å²) in [4.78, 5) is 13.9. The molecule has 1 fully saturated rings. The van der Waals surface area contributed by atoms with E-state index in [-0.39, 0.29) is 24.5 Å². The van der Waals surface area contributed by atoms with Crippen LogP contribution in [0.5, 0.6) is 0 Å². The molecule has 1 amide bonds. The molecule has 1 heterocycles. The first kappa shape index (κ1) is 15.4. The van der Waals surface area contributed by atoms with Gasteiger partial charge in [-0.15, -0.1) is 0 Å². The molecule has 1 saturated heterocycles. The van der Waals surface area contributed by atoms with Crippen LogP contribution in [0, 0.1) is 5.92 Å². The van der Waals surface area contributed by atoms with Gasteiger partial charge in [-0.3, -0.25) is 4.79 Å². The second-order valence-electron chi connectivity index (χ2n) is 4.94. The van der Waals surface area contributed by atoms with Crippen LogP contribution >= 0.6 is 0 Å². The maximum Gasteiger partial charge on any atom is 0.222 e. The van der Waals surface area contributed by atoms with Crippen LogP contribution < -0.4 is 0 Å². The zero-order valence-electron chi connectivity index (χ0n) is 11.4. The molecule has 5 nitrogen and oxygen atoms in total. The number of ether oxygens (including phenoxy) is 2. The minimum atomic E-state index is 0.0632. The normalized spacial score (nSPS) is 18.9. The van der Waals surface area contributed by atoms with Crippen molar-refractivity contribution in [2.24, 2.45) is 5.92 Å². The fourth-order valence-corrected chi connectivity index (χ4v) is 2.26. The molecule has 0 aromatic carbocycles. The number of carbonyl (C=O) groups is 1. The summed E-state index contributed by atoms with van der Waals surface area (Å²) in [5.41, 5.74) is 0. The summed E-state index contributed by atoms with van der Waals surface area (Å²) >= 11 is 0. The second kappa shape index (κ2) is 8.45. The Morgan fingerprint density at radius 1 is 1.44 bits per heavy atom. The molecule has 1 aliphatic heterocycles. The number of hydrogen-bond acceptors (Lipinski definition) is 4. The fraction of sp³-hybridized carbons (Fsp3) is 0.923. The van der Waals surface area contributed by atoms with Crippen molar-refractivity contribution in [1.82, 2.24) is 4.90 Å².